The maximum absolute atomic E-state index is 13.9. The lowest BCUT2D eigenvalue weighted by Gasteiger charge is -2.26. The molecule has 4 rings (SSSR count). The monoisotopic (exact) mass is 414 g/mol. The van der Waals surface area contributed by atoms with Crippen LogP contribution >= 0.6 is 0 Å². The Bertz CT molecular complexity index is 959. The standard InChI is InChI=1S/C22H27FN4O3/c1-13(2)20(29)27-11-16-9-17(10-22(16,12-27)21-24-14(3)26-30-21)25-19(28)8-15-6-4-5-7-18(15)23/h4-7,13,16-17H,8-12H2,1-3H3,(H,25,28)/t16?,17-,22+/m1/s1. The molecule has 0 radical (unpaired) electrons. The highest BCUT2D eigenvalue weighted by atomic mass is 19.1. The van der Waals surface area contributed by atoms with Gasteiger partial charge in [-0.3, -0.25) is 9.59 Å². The highest BCUT2D eigenvalue weighted by molar-refractivity contribution is 5.79. The van der Waals surface area contributed by atoms with Crippen LogP contribution in [0.25, 0.3) is 0 Å². The number of fused-ring (bicyclic) bond motifs is 1. The molecule has 2 amide bonds. The average Bonchev–Trinajstić information content (AvgIpc) is 3.35. The third-order valence-electron chi connectivity index (χ3n) is 6.31. The topological polar surface area (TPSA) is 88.3 Å². The normalized spacial score (nSPS) is 25.6. The van der Waals surface area contributed by atoms with Gasteiger partial charge in [-0.25, -0.2) is 4.39 Å². The Kier molecular flexibility index (Phi) is 5.34. The van der Waals surface area contributed by atoms with Gasteiger partial charge in [0.15, 0.2) is 5.82 Å². The summed E-state index contributed by atoms with van der Waals surface area (Å²) in [5, 5.41) is 7.01. The van der Waals surface area contributed by atoms with Crippen molar-refractivity contribution in [1.29, 1.82) is 0 Å². The van der Waals surface area contributed by atoms with E-state index in [1.165, 1.54) is 6.07 Å². The maximum atomic E-state index is 13.9. The minimum Gasteiger partial charge on any atom is -0.353 e. The van der Waals surface area contributed by atoms with E-state index >= 15 is 0 Å². The van der Waals surface area contributed by atoms with Gasteiger partial charge in [-0.05, 0) is 37.3 Å². The summed E-state index contributed by atoms with van der Waals surface area (Å²) in [6.07, 6.45) is 1.33. The van der Waals surface area contributed by atoms with Gasteiger partial charge >= 0.3 is 0 Å². The van der Waals surface area contributed by atoms with Crippen LogP contribution in [-0.4, -0.2) is 46.0 Å². The number of halogens is 1. The summed E-state index contributed by atoms with van der Waals surface area (Å²) in [4.78, 5) is 31.5. The van der Waals surface area contributed by atoms with Gasteiger partial charge in [0.25, 0.3) is 0 Å². The molecule has 0 bridgehead atoms. The lowest BCUT2D eigenvalue weighted by molar-refractivity contribution is -0.134. The Morgan fingerprint density at radius 3 is 2.80 bits per heavy atom. The van der Waals surface area contributed by atoms with Crippen LogP contribution in [-0.2, 0) is 21.4 Å². The molecule has 1 aromatic carbocycles. The van der Waals surface area contributed by atoms with Gasteiger partial charge in [0.05, 0.1) is 11.8 Å². The van der Waals surface area contributed by atoms with Crippen molar-refractivity contribution >= 4 is 11.8 Å². The molecule has 1 saturated heterocycles. The van der Waals surface area contributed by atoms with Crippen molar-refractivity contribution in [1.82, 2.24) is 20.4 Å². The molecule has 2 aromatic rings. The van der Waals surface area contributed by atoms with Crippen molar-refractivity contribution in [3.05, 3.63) is 47.4 Å². The first-order valence-electron chi connectivity index (χ1n) is 10.4. The molecule has 30 heavy (non-hydrogen) atoms. The third-order valence-corrected chi connectivity index (χ3v) is 6.31. The van der Waals surface area contributed by atoms with Crippen LogP contribution in [0.15, 0.2) is 28.8 Å². The van der Waals surface area contributed by atoms with Gasteiger partial charge in [0.1, 0.15) is 5.82 Å². The fraction of sp³-hybridized carbons (Fsp3) is 0.545. The van der Waals surface area contributed by atoms with E-state index in [-0.39, 0.29) is 41.9 Å². The number of carbonyl (C=O) groups is 2. The van der Waals surface area contributed by atoms with Crippen LogP contribution in [0.5, 0.6) is 0 Å². The van der Waals surface area contributed by atoms with Crippen molar-refractivity contribution < 1.29 is 18.5 Å². The molecule has 8 heteroatoms. The molecule has 160 valence electrons. The summed E-state index contributed by atoms with van der Waals surface area (Å²) in [5.74, 6) is 0.655. The SMILES string of the molecule is Cc1noc([C@]23C[C@H](NC(=O)Cc4ccccc4F)CC2CN(C(=O)C(C)C)C3)n1. The number of aryl methyl sites for hydroxylation is 1. The quantitative estimate of drug-likeness (QED) is 0.812. The largest absolute Gasteiger partial charge is 0.353 e. The van der Waals surface area contributed by atoms with Gasteiger partial charge < -0.3 is 14.7 Å². The number of hydrogen-bond acceptors (Lipinski definition) is 5. The third kappa shape index (κ3) is 3.70. The van der Waals surface area contributed by atoms with E-state index in [4.69, 9.17) is 4.52 Å². The van der Waals surface area contributed by atoms with E-state index in [1.807, 2.05) is 18.7 Å². The molecule has 3 atom stereocenters. The molecule has 1 aromatic heterocycles. The zero-order valence-corrected chi connectivity index (χ0v) is 17.5. The summed E-state index contributed by atoms with van der Waals surface area (Å²) in [6.45, 7) is 6.68. The van der Waals surface area contributed by atoms with E-state index in [9.17, 15) is 14.0 Å². The second-order valence-electron chi connectivity index (χ2n) is 8.85. The van der Waals surface area contributed by atoms with Crippen LogP contribution in [0, 0.1) is 24.6 Å². The van der Waals surface area contributed by atoms with Crippen LogP contribution in [0.4, 0.5) is 4.39 Å². The van der Waals surface area contributed by atoms with Crippen molar-refractivity contribution in [3.63, 3.8) is 0 Å². The first-order valence-corrected chi connectivity index (χ1v) is 10.4. The lowest BCUT2D eigenvalue weighted by Crippen LogP contribution is -2.40. The summed E-state index contributed by atoms with van der Waals surface area (Å²) in [5.41, 5.74) is -0.0778. The molecule has 2 aliphatic rings. The van der Waals surface area contributed by atoms with Crippen LogP contribution in [0.1, 0.15) is 44.0 Å². The fourth-order valence-electron chi connectivity index (χ4n) is 4.94. The van der Waals surface area contributed by atoms with Crippen molar-refractivity contribution in [3.8, 4) is 0 Å². The van der Waals surface area contributed by atoms with E-state index in [0.29, 0.717) is 43.2 Å². The minimum absolute atomic E-state index is 0.00152. The number of nitrogens with zero attached hydrogens (tertiary/aromatic N) is 3. The second-order valence-corrected chi connectivity index (χ2v) is 8.85. The predicted octanol–water partition coefficient (Wildman–Crippen LogP) is 2.39. The Hall–Kier alpha value is -2.77. The molecule has 2 fully saturated rings. The van der Waals surface area contributed by atoms with Crippen LogP contribution in [0.3, 0.4) is 0 Å². The number of nitrogens with one attached hydrogen (secondary N) is 1. The first-order chi connectivity index (χ1) is 14.3. The highest BCUT2D eigenvalue weighted by Gasteiger charge is 2.58. The Morgan fingerprint density at radius 1 is 1.37 bits per heavy atom. The number of carbonyl (C=O) groups excluding carboxylic acids is 2. The molecule has 2 heterocycles. The smallest absolute Gasteiger partial charge is 0.235 e. The zero-order valence-electron chi connectivity index (χ0n) is 17.5. The molecule has 1 N–H and O–H groups in total. The van der Waals surface area contributed by atoms with Crippen LogP contribution < -0.4 is 5.32 Å². The first kappa shape index (κ1) is 20.5. The molecule has 1 aliphatic heterocycles. The van der Waals surface area contributed by atoms with E-state index < -0.39 is 5.41 Å². The van der Waals surface area contributed by atoms with Crippen molar-refractivity contribution in [2.75, 3.05) is 13.1 Å². The second kappa shape index (κ2) is 7.81. The Morgan fingerprint density at radius 2 is 2.13 bits per heavy atom. The molecular formula is C22H27FN4O3. The van der Waals surface area contributed by atoms with Gasteiger partial charge in [0, 0.05) is 25.0 Å². The lowest BCUT2D eigenvalue weighted by atomic mass is 9.80. The molecule has 1 aliphatic carbocycles. The molecular weight excluding hydrogens is 387 g/mol. The molecule has 1 saturated carbocycles. The molecule has 1 unspecified atom stereocenters. The number of rotatable bonds is 5. The van der Waals surface area contributed by atoms with Crippen molar-refractivity contribution in [2.45, 2.75) is 51.5 Å². The van der Waals surface area contributed by atoms with Gasteiger partial charge in [0.2, 0.25) is 17.7 Å². The maximum Gasteiger partial charge on any atom is 0.235 e. The van der Waals surface area contributed by atoms with E-state index in [0.717, 1.165) is 0 Å². The van der Waals surface area contributed by atoms with Crippen LogP contribution in [0.2, 0.25) is 0 Å². The number of benzene rings is 1. The van der Waals surface area contributed by atoms with Gasteiger partial charge in [-0.15, -0.1) is 0 Å². The summed E-state index contributed by atoms with van der Waals surface area (Å²) < 4.78 is 19.4. The van der Waals surface area contributed by atoms with Gasteiger partial charge in [-0.2, -0.15) is 4.98 Å². The van der Waals surface area contributed by atoms with Crippen molar-refractivity contribution in [2.24, 2.45) is 11.8 Å². The Labute approximate surface area is 175 Å². The molecule has 0 spiro atoms. The zero-order chi connectivity index (χ0) is 21.5. The average molecular weight is 414 g/mol. The predicted molar refractivity (Wildman–Crippen MR) is 107 cm³/mol. The highest BCUT2D eigenvalue weighted by Crippen LogP contribution is 2.50. The number of aromatic nitrogens is 2. The van der Waals surface area contributed by atoms with Gasteiger partial charge in [-0.1, -0.05) is 37.2 Å². The number of likely N-dealkylation sites (tertiary alicyclic amines) is 1. The fourth-order valence-corrected chi connectivity index (χ4v) is 4.94. The van der Waals surface area contributed by atoms with E-state index in [1.54, 1.807) is 25.1 Å². The number of hydrogen-bond donors (Lipinski definition) is 1. The summed E-state index contributed by atoms with van der Waals surface area (Å²) in [7, 11) is 0. The molecule has 7 nitrogen and oxygen atoms in total. The summed E-state index contributed by atoms with van der Waals surface area (Å²) >= 11 is 0. The minimum atomic E-state index is -0.457. The Balaban J connectivity index is 1.50. The number of amides is 2. The van der Waals surface area contributed by atoms with E-state index in [2.05, 4.69) is 15.5 Å². The summed E-state index contributed by atoms with van der Waals surface area (Å²) in [6, 6.07) is 6.22.